The number of nitrogens with one attached hydrogen (secondary N) is 1. The summed E-state index contributed by atoms with van der Waals surface area (Å²) in [5.74, 6) is 0.906. The fourth-order valence-corrected chi connectivity index (χ4v) is 6.52. The van der Waals surface area contributed by atoms with Crippen LogP contribution in [0, 0.1) is 0 Å². The van der Waals surface area contributed by atoms with Gasteiger partial charge in [-0.15, -0.1) is 11.6 Å². The van der Waals surface area contributed by atoms with Crippen LogP contribution in [0.15, 0.2) is 48.5 Å². The Bertz CT molecular complexity index is 1760. The van der Waals surface area contributed by atoms with Crippen molar-refractivity contribution in [3.05, 3.63) is 59.8 Å². The molecule has 4 unspecified atom stereocenters. The molecule has 4 aromatic rings. The van der Waals surface area contributed by atoms with Crippen LogP contribution in [0.2, 0.25) is 0 Å². The number of aliphatic hydroxyl groups excluding tert-OH is 4. The first kappa shape index (κ1) is 33.3. The maximum atomic E-state index is 14.3. The molecule has 12 nitrogen and oxygen atoms in total. The molecule has 2 aliphatic rings. The van der Waals surface area contributed by atoms with E-state index in [4.69, 9.17) is 30.5 Å². The molecule has 2 aliphatic heterocycles. The van der Waals surface area contributed by atoms with Crippen LogP contribution in [-0.4, -0.2) is 120 Å². The number of amides is 1. The fraction of sp³-hybridized carbons (Fsp3) is 0.441. The summed E-state index contributed by atoms with van der Waals surface area (Å²) >= 11 is 6.74. The van der Waals surface area contributed by atoms with E-state index in [9.17, 15) is 25.2 Å². The Hall–Kier alpha value is -3.62. The molecule has 7 atom stereocenters. The predicted molar refractivity (Wildman–Crippen MR) is 177 cm³/mol. The molecule has 0 bridgehead atoms. The lowest BCUT2D eigenvalue weighted by molar-refractivity contribution is -0.277. The van der Waals surface area contributed by atoms with Crippen LogP contribution in [-0.2, 0) is 4.74 Å². The molecule has 0 radical (unpaired) electrons. The number of alkyl halides is 1. The number of ether oxygens (including phenoxy) is 4. The van der Waals surface area contributed by atoms with Crippen molar-refractivity contribution in [2.24, 2.45) is 0 Å². The summed E-state index contributed by atoms with van der Waals surface area (Å²) in [7, 11) is 5.50. The van der Waals surface area contributed by atoms with Crippen molar-refractivity contribution >= 4 is 44.9 Å². The number of H-pyrrole nitrogens is 1. The van der Waals surface area contributed by atoms with Crippen molar-refractivity contribution in [1.29, 1.82) is 0 Å². The molecule has 5 N–H and O–H groups in total. The van der Waals surface area contributed by atoms with Gasteiger partial charge in [-0.2, -0.15) is 0 Å². The second-order valence-electron chi connectivity index (χ2n) is 12.3. The van der Waals surface area contributed by atoms with Crippen LogP contribution in [0.25, 0.3) is 21.7 Å². The third-order valence-electron chi connectivity index (χ3n) is 8.89. The van der Waals surface area contributed by atoms with Gasteiger partial charge in [0.1, 0.15) is 42.5 Å². The van der Waals surface area contributed by atoms with Gasteiger partial charge >= 0.3 is 0 Å². The van der Waals surface area contributed by atoms with Crippen molar-refractivity contribution in [1.82, 2.24) is 9.88 Å². The largest absolute Gasteiger partial charge is 0.493 e. The molecule has 0 saturated carbocycles. The number of hydrogen-bond acceptors (Lipinski definition) is 10. The minimum absolute atomic E-state index is 0.206. The van der Waals surface area contributed by atoms with Gasteiger partial charge in [-0.3, -0.25) is 4.79 Å². The second-order valence-corrected chi connectivity index (χ2v) is 13.0. The van der Waals surface area contributed by atoms with Crippen molar-refractivity contribution in [3.63, 3.8) is 0 Å². The highest BCUT2D eigenvalue weighted by molar-refractivity contribution is 6.22. The van der Waals surface area contributed by atoms with Crippen molar-refractivity contribution in [2.45, 2.75) is 48.9 Å². The van der Waals surface area contributed by atoms with E-state index in [2.05, 4.69) is 4.98 Å². The highest BCUT2D eigenvalue weighted by Crippen LogP contribution is 2.48. The van der Waals surface area contributed by atoms with Crippen LogP contribution in [0.5, 0.6) is 17.2 Å². The molecule has 252 valence electrons. The lowest BCUT2D eigenvalue weighted by atomic mass is 9.92. The van der Waals surface area contributed by atoms with Crippen molar-refractivity contribution < 1.29 is 44.2 Å². The monoisotopic (exact) mass is 669 g/mol. The third kappa shape index (κ3) is 6.22. The summed E-state index contributed by atoms with van der Waals surface area (Å²) in [5, 5.41) is 42.9. The lowest BCUT2D eigenvalue weighted by Gasteiger charge is -2.39. The molecular weight excluding hydrogens is 630 g/mol. The van der Waals surface area contributed by atoms with Crippen molar-refractivity contribution in [2.75, 3.05) is 52.4 Å². The van der Waals surface area contributed by atoms with Crippen LogP contribution >= 0.6 is 11.6 Å². The third-order valence-corrected chi connectivity index (χ3v) is 9.19. The summed E-state index contributed by atoms with van der Waals surface area (Å²) in [6.07, 6.45) is -7.28. The maximum absolute atomic E-state index is 14.3. The predicted octanol–water partition coefficient (Wildman–Crippen LogP) is 2.82. The van der Waals surface area contributed by atoms with E-state index < -0.39 is 37.3 Å². The molecule has 1 aromatic heterocycles. The van der Waals surface area contributed by atoms with E-state index in [1.807, 2.05) is 56.3 Å². The number of benzene rings is 3. The van der Waals surface area contributed by atoms with Gasteiger partial charge < -0.3 is 54.2 Å². The molecule has 3 aromatic carbocycles. The highest BCUT2D eigenvalue weighted by Gasteiger charge is 2.45. The summed E-state index contributed by atoms with van der Waals surface area (Å²) < 4.78 is 23.3. The molecule has 0 aliphatic carbocycles. The minimum Gasteiger partial charge on any atom is -0.493 e. The van der Waals surface area contributed by atoms with Crippen LogP contribution in [0.3, 0.4) is 0 Å². The number of aromatic nitrogens is 1. The Balaban J connectivity index is 1.38. The number of halogens is 1. The van der Waals surface area contributed by atoms with E-state index >= 15 is 0 Å². The summed E-state index contributed by atoms with van der Waals surface area (Å²) in [6, 6.07) is 14.6. The average molecular weight is 670 g/mol. The number of aromatic amines is 1. The molecule has 1 amide bonds. The van der Waals surface area contributed by atoms with Crippen LogP contribution < -0.4 is 19.1 Å². The van der Waals surface area contributed by atoms with Gasteiger partial charge in [0.05, 0.1) is 19.4 Å². The van der Waals surface area contributed by atoms with Gasteiger partial charge in [0.2, 0.25) is 6.29 Å². The first-order chi connectivity index (χ1) is 22.5. The Labute approximate surface area is 277 Å². The number of methoxy groups -OCH3 is 1. The van der Waals surface area contributed by atoms with E-state index in [1.165, 1.54) is 0 Å². The number of nitrogens with zero attached hydrogens (tertiary/aromatic N) is 2. The van der Waals surface area contributed by atoms with E-state index in [1.54, 1.807) is 30.2 Å². The summed E-state index contributed by atoms with van der Waals surface area (Å²) in [6.45, 7) is 2.81. The van der Waals surface area contributed by atoms with E-state index in [0.29, 0.717) is 46.9 Å². The molecule has 47 heavy (non-hydrogen) atoms. The Kier molecular flexibility index (Phi) is 9.54. The standard InChI is InChI=1S/C34H40ClN3O9/c1-17(35)21-15-38(33(43)23-11-18-12-27(45-10-9-37(2)3)26(44-4)13-22(18)36-23)24-14-25(19-7-5-6-8-20(19)29(21)24)46-34-32(42)31(41)30(40)28(16-39)47-34/h5-8,11-14,17,21,28,30-32,34,36,39-42H,9-10,15-16H2,1-4H3/t17?,21-,28?,30-,31?,32?,34+/m0/s1. The highest BCUT2D eigenvalue weighted by atomic mass is 35.5. The number of hydrogen-bond donors (Lipinski definition) is 5. The smallest absolute Gasteiger partial charge is 0.274 e. The number of aliphatic hydroxyl groups is 4. The number of fused-ring (bicyclic) bond motifs is 4. The SMILES string of the molecule is COc1cc2[nH]c(C(=O)N3C[C@@H](C(C)Cl)c4c3cc(O[C@@H]3OC(CO)[C@H](O)C(O)C3O)c3ccccc43)cc2cc1OCCN(C)C. The first-order valence-corrected chi connectivity index (χ1v) is 15.9. The quantitative estimate of drug-likeness (QED) is 0.159. The average Bonchev–Trinajstić information content (AvgIpc) is 3.66. The van der Waals surface area contributed by atoms with Gasteiger partial charge in [-0.25, -0.2) is 0 Å². The van der Waals surface area contributed by atoms with Crippen molar-refractivity contribution in [3.8, 4) is 17.2 Å². The van der Waals surface area contributed by atoms with E-state index in [0.717, 1.165) is 22.9 Å². The summed E-state index contributed by atoms with van der Waals surface area (Å²) in [5.41, 5.74) is 2.52. The Morgan fingerprint density at radius 2 is 1.81 bits per heavy atom. The topological polar surface area (TPSA) is 157 Å². The normalized spacial score (nSPS) is 24.9. The second kappa shape index (κ2) is 13.5. The van der Waals surface area contributed by atoms with E-state index in [-0.39, 0.29) is 23.0 Å². The minimum atomic E-state index is -1.61. The number of carbonyl (C=O) groups excluding carboxylic acids is 1. The molecular formula is C34H40ClN3O9. The van der Waals surface area contributed by atoms with Gasteiger partial charge in [0, 0.05) is 52.8 Å². The Morgan fingerprint density at radius 3 is 2.49 bits per heavy atom. The molecule has 3 heterocycles. The van der Waals surface area contributed by atoms with Gasteiger partial charge in [0.15, 0.2) is 11.5 Å². The molecule has 1 fully saturated rings. The van der Waals surface area contributed by atoms with Crippen LogP contribution in [0.4, 0.5) is 5.69 Å². The zero-order valence-electron chi connectivity index (χ0n) is 26.6. The maximum Gasteiger partial charge on any atom is 0.274 e. The lowest BCUT2D eigenvalue weighted by Crippen LogP contribution is -2.60. The molecule has 6 rings (SSSR count). The van der Waals surface area contributed by atoms with Crippen LogP contribution in [0.1, 0.15) is 28.9 Å². The zero-order chi connectivity index (χ0) is 33.6. The zero-order valence-corrected chi connectivity index (χ0v) is 27.3. The molecule has 13 heteroatoms. The van der Waals surface area contributed by atoms with Gasteiger partial charge in [0.25, 0.3) is 5.91 Å². The number of anilines is 1. The number of rotatable bonds is 10. The van der Waals surface area contributed by atoms with Gasteiger partial charge in [-0.05, 0) is 44.1 Å². The fourth-order valence-electron chi connectivity index (χ4n) is 6.32. The van der Waals surface area contributed by atoms with Gasteiger partial charge in [-0.1, -0.05) is 24.3 Å². The molecule has 1 saturated heterocycles. The Morgan fingerprint density at radius 1 is 1.06 bits per heavy atom. The first-order valence-electron chi connectivity index (χ1n) is 15.5. The number of likely N-dealkylation sites (N-methyl/N-ethyl adjacent to an activating group) is 1. The summed E-state index contributed by atoms with van der Waals surface area (Å²) in [4.78, 5) is 21.2. The molecule has 0 spiro atoms. The number of carbonyl (C=O) groups is 1.